The zero-order valence-electron chi connectivity index (χ0n) is 27.4. The van der Waals surface area contributed by atoms with E-state index in [0.717, 1.165) is 46.3 Å². The largest absolute Gasteiger partial charge is 0.423 e. The van der Waals surface area contributed by atoms with Crippen LogP contribution in [-0.2, 0) is 20.9 Å². The fraction of sp³-hybridized carbons (Fsp3) is 0.400. The SMILES string of the molecule is C=C(C)C(=O)Oc1ccc(-c2ccc(-c3ccc(OC(=O)C(=C)C)cc3)c(COCC(C)C3CCC(CCCC)CC3)c2)cc1. The van der Waals surface area contributed by atoms with Gasteiger partial charge in [0.25, 0.3) is 0 Å². The summed E-state index contributed by atoms with van der Waals surface area (Å²) in [5.74, 6) is 2.22. The number of carbonyl (C=O) groups is 2. The molecule has 0 radical (unpaired) electrons. The van der Waals surface area contributed by atoms with Crippen LogP contribution in [-0.4, -0.2) is 18.5 Å². The van der Waals surface area contributed by atoms with Crippen LogP contribution in [0.2, 0.25) is 0 Å². The first-order valence-electron chi connectivity index (χ1n) is 16.3. The normalized spacial score (nSPS) is 16.9. The van der Waals surface area contributed by atoms with Gasteiger partial charge in [-0.1, -0.05) is 95.5 Å². The van der Waals surface area contributed by atoms with Gasteiger partial charge in [-0.05, 0) is 103 Å². The molecule has 0 saturated heterocycles. The molecule has 0 spiro atoms. The van der Waals surface area contributed by atoms with Gasteiger partial charge in [0.2, 0.25) is 0 Å². The molecule has 3 aromatic rings. The quantitative estimate of drug-likeness (QED) is 0.104. The summed E-state index contributed by atoms with van der Waals surface area (Å²) in [6.45, 7) is 16.4. The Morgan fingerprint density at radius 3 is 1.84 bits per heavy atom. The smallest absolute Gasteiger partial charge is 0.338 e. The number of rotatable bonds is 14. The van der Waals surface area contributed by atoms with Crippen LogP contribution in [0.4, 0.5) is 0 Å². The lowest BCUT2D eigenvalue weighted by Gasteiger charge is -2.32. The lowest BCUT2D eigenvalue weighted by molar-refractivity contribution is -0.130. The van der Waals surface area contributed by atoms with Gasteiger partial charge in [-0.25, -0.2) is 9.59 Å². The van der Waals surface area contributed by atoms with Crippen LogP contribution in [0.1, 0.15) is 78.2 Å². The predicted molar refractivity (Wildman–Crippen MR) is 182 cm³/mol. The molecule has 1 aliphatic rings. The summed E-state index contributed by atoms with van der Waals surface area (Å²) < 4.78 is 17.2. The summed E-state index contributed by atoms with van der Waals surface area (Å²) in [4.78, 5) is 23.9. The summed E-state index contributed by atoms with van der Waals surface area (Å²) in [5.41, 5.74) is 5.91. The van der Waals surface area contributed by atoms with Gasteiger partial charge in [0.1, 0.15) is 11.5 Å². The van der Waals surface area contributed by atoms with Gasteiger partial charge in [-0.15, -0.1) is 0 Å². The Bertz CT molecular complexity index is 1460. The van der Waals surface area contributed by atoms with Crippen molar-refractivity contribution in [3.8, 4) is 33.8 Å². The third kappa shape index (κ3) is 9.76. The molecule has 1 aliphatic carbocycles. The maximum Gasteiger partial charge on any atom is 0.338 e. The van der Waals surface area contributed by atoms with Crippen molar-refractivity contribution in [2.45, 2.75) is 79.2 Å². The summed E-state index contributed by atoms with van der Waals surface area (Å²) in [6.07, 6.45) is 9.33. The van der Waals surface area contributed by atoms with Crippen LogP contribution >= 0.6 is 0 Å². The number of unbranched alkanes of at least 4 members (excludes halogenated alkanes) is 1. The topological polar surface area (TPSA) is 61.8 Å². The molecule has 1 unspecified atom stereocenters. The predicted octanol–water partition coefficient (Wildman–Crippen LogP) is 10.1. The zero-order valence-corrected chi connectivity index (χ0v) is 27.4. The average Bonchev–Trinajstić information content (AvgIpc) is 3.04. The first kappa shape index (κ1) is 33.9. The van der Waals surface area contributed by atoms with E-state index in [1.165, 1.54) is 44.9 Å². The summed E-state index contributed by atoms with van der Waals surface area (Å²) in [5, 5.41) is 0. The molecule has 1 fully saturated rings. The maximum absolute atomic E-state index is 12.0. The van der Waals surface area contributed by atoms with Gasteiger partial charge in [0.05, 0.1) is 6.61 Å². The highest BCUT2D eigenvalue weighted by atomic mass is 16.5. The number of ether oxygens (including phenoxy) is 3. The van der Waals surface area contributed by atoms with Gasteiger partial charge in [-0.2, -0.15) is 0 Å². The average molecular weight is 609 g/mol. The number of hydrogen-bond acceptors (Lipinski definition) is 5. The molecule has 1 saturated carbocycles. The van der Waals surface area contributed by atoms with Crippen LogP contribution in [0.3, 0.4) is 0 Å². The minimum atomic E-state index is -0.440. The first-order chi connectivity index (χ1) is 21.6. The Kier molecular flexibility index (Phi) is 12.3. The Morgan fingerprint density at radius 1 is 0.778 bits per heavy atom. The van der Waals surface area contributed by atoms with Gasteiger partial charge in [-0.3, -0.25) is 0 Å². The van der Waals surface area contributed by atoms with E-state index in [2.05, 4.69) is 45.2 Å². The molecule has 238 valence electrons. The Morgan fingerprint density at radius 2 is 1.31 bits per heavy atom. The molecule has 4 rings (SSSR count). The van der Waals surface area contributed by atoms with E-state index in [1.807, 2.05) is 24.3 Å². The van der Waals surface area contributed by atoms with Crippen molar-refractivity contribution < 1.29 is 23.8 Å². The summed E-state index contributed by atoms with van der Waals surface area (Å²) in [6, 6.07) is 21.4. The summed E-state index contributed by atoms with van der Waals surface area (Å²) in [7, 11) is 0. The van der Waals surface area contributed by atoms with Crippen molar-refractivity contribution in [1.82, 2.24) is 0 Å². The molecule has 0 heterocycles. The van der Waals surface area contributed by atoms with E-state index in [9.17, 15) is 9.59 Å². The van der Waals surface area contributed by atoms with E-state index in [1.54, 1.807) is 38.1 Å². The van der Waals surface area contributed by atoms with Crippen LogP contribution in [0.15, 0.2) is 91.0 Å². The van der Waals surface area contributed by atoms with Crippen molar-refractivity contribution in [2.24, 2.45) is 17.8 Å². The van der Waals surface area contributed by atoms with Crippen molar-refractivity contribution in [1.29, 1.82) is 0 Å². The van der Waals surface area contributed by atoms with Crippen molar-refractivity contribution >= 4 is 11.9 Å². The molecule has 5 nitrogen and oxygen atoms in total. The number of carbonyl (C=O) groups excluding carboxylic acids is 2. The molecular formula is C40H48O5. The number of hydrogen-bond donors (Lipinski definition) is 0. The molecule has 45 heavy (non-hydrogen) atoms. The lowest BCUT2D eigenvalue weighted by atomic mass is 9.75. The Labute approximate surface area is 269 Å². The Hall–Kier alpha value is -3.96. The van der Waals surface area contributed by atoms with E-state index in [4.69, 9.17) is 14.2 Å². The van der Waals surface area contributed by atoms with E-state index < -0.39 is 11.9 Å². The number of benzene rings is 3. The van der Waals surface area contributed by atoms with E-state index in [0.29, 0.717) is 35.2 Å². The van der Waals surface area contributed by atoms with E-state index >= 15 is 0 Å². The second-order valence-corrected chi connectivity index (χ2v) is 12.7. The van der Waals surface area contributed by atoms with Crippen LogP contribution in [0.5, 0.6) is 11.5 Å². The molecule has 0 amide bonds. The molecule has 0 aromatic heterocycles. The third-order valence-corrected chi connectivity index (χ3v) is 8.88. The monoisotopic (exact) mass is 608 g/mol. The second kappa shape index (κ2) is 16.4. The fourth-order valence-corrected chi connectivity index (χ4v) is 6.01. The van der Waals surface area contributed by atoms with Gasteiger partial charge < -0.3 is 14.2 Å². The van der Waals surface area contributed by atoms with Crippen molar-refractivity contribution in [3.63, 3.8) is 0 Å². The molecule has 0 N–H and O–H groups in total. The van der Waals surface area contributed by atoms with Crippen LogP contribution in [0.25, 0.3) is 22.3 Å². The highest BCUT2D eigenvalue weighted by Gasteiger charge is 2.25. The third-order valence-electron chi connectivity index (χ3n) is 8.88. The zero-order chi connectivity index (χ0) is 32.3. The number of esters is 2. The molecule has 1 atom stereocenters. The highest BCUT2D eigenvalue weighted by molar-refractivity contribution is 5.89. The van der Waals surface area contributed by atoms with Crippen LogP contribution < -0.4 is 9.47 Å². The van der Waals surface area contributed by atoms with Gasteiger partial charge in [0.15, 0.2) is 0 Å². The standard InChI is InChI=1S/C40H48O5/c1-7-8-9-30-10-12-31(13-11-30)29(6)25-43-26-35-24-34(32-14-19-36(20-15-32)44-39(41)27(2)3)18-23-38(35)33-16-21-37(22-17-33)45-40(42)28(4)5/h14-24,29-31H,2,4,7-13,25-26H2,1,3,5-6H3. The minimum Gasteiger partial charge on any atom is -0.423 e. The van der Waals surface area contributed by atoms with Crippen LogP contribution in [0, 0.1) is 17.8 Å². The molecule has 3 aromatic carbocycles. The minimum absolute atomic E-state index is 0.356. The molecule has 0 aliphatic heterocycles. The molecule has 0 bridgehead atoms. The lowest BCUT2D eigenvalue weighted by Crippen LogP contribution is -2.23. The highest BCUT2D eigenvalue weighted by Crippen LogP contribution is 2.36. The summed E-state index contributed by atoms with van der Waals surface area (Å²) >= 11 is 0. The maximum atomic E-state index is 12.0. The Balaban J connectivity index is 1.49. The van der Waals surface area contributed by atoms with E-state index in [-0.39, 0.29) is 0 Å². The molecular weight excluding hydrogens is 560 g/mol. The second-order valence-electron chi connectivity index (χ2n) is 12.7. The van der Waals surface area contributed by atoms with Gasteiger partial charge >= 0.3 is 11.9 Å². The molecule has 5 heteroatoms. The fourth-order valence-electron chi connectivity index (χ4n) is 6.01. The van der Waals surface area contributed by atoms with Crippen molar-refractivity contribution in [2.75, 3.05) is 6.61 Å². The van der Waals surface area contributed by atoms with Gasteiger partial charge in [0, 0.05) is 17.8 Å². The first-order valence-corrected chi connectivity index (χ1v) is 16.3. The van der Waals surface area contributed by atoms with Crippen molar-refractivity contribution in [3.05, 3.63) is 96.6 Å².